The van der Waals surface area contributed by atoms with Gasteiger partial charge in [-0.2, -0.15) is 0 Å². The van der Waals surface area contributed by atoms with Crippen LogP contribution in [0, 0.1) is 5.41 Å². The lowest BCUT2D eigenvalue weighted by Crippen LogP contribution is -2.44. The highest BCUT2D eigenvalue weighted by Gasteiger charge is 2.32. The molecule has 5 nitrogen and oxygen atoms in total. The molecule has 1 aromatic carbocycles. The average Bonchev–Trinajstić information content (AvgIpc) is 2.53. The van der Waals surface area contributed by atoms with E-state index in [0.717, 1.165) is 23.5 Å². The van der Waals surface area contributed by atoms with Gasteiger partial charge in [-0.15, -0.1) is 0 Å². The van der Waals surface area contributed by atoms with Gasteiger partial charge in [0.05, 0.1) is 5.41 Å². The van der Waals surface area contributed by atoms with Gasteiger partial charge in [0.25, 0.3) is 0 Å². The highest BCUT2D eigenvalue weighted by atomic mass is 16.6. The number of ether oxygens (including phenoxy) is 2. The molecule has 2 N–H and O–H groups in total. The monoisotopic (exact) mass is 292 g/mol. The van der Waals surface area contributed by atoms with Gasteiger partial charge in [-0.05, 0) is 31.0 Å². The fourth-order valence-electron chi connectivity index (χ4n) is 2.38. The number of nitrogens with zero attached hydrogens (tertiary/aromatic N) is 1. The van der Waals surface area contributed by atoms with E-state index in [9.17, 15) is 4.79 Å². The van der Waals surface area contributed by atoms with E-state index in [1.54, 1.807) is 4.90 Å². The fourth-order valence-corrected chi connectivity index (χ4v) is 2.38. The van der Waals surface area contributed by atoms with Crippen LogP contribution >= 0.6 is 0 Å². The van der Waals surface area contributed by atoms with E-state index in [4.69, 9.17) is 15.2 Å². The van der Waals surface area contributed by atoms with Crippen molar-refractivity contribution in [3.05, 3.63) is 23.8 Å². The molecule has 0 radical (unpaired) electrons. The number of carbonyl (C=O) groups excluding carboxylic acids is 1. The predicted octanol–water partition coefficient (Wildman–Crippen LogP) is 1.79. The second-order valence-electron chi connectivity index (χ2n) is 5.76. The molecule has 1 aromatic rings. The number of nitrogens with two attached hydrogens (primary N) is 1. The normalized spacial score (nSPS) is 16.2. The van der Waals surface area contributed by atoms with Crippen LogP contribution < -0.4 is 15.2 Å². The summed E-state index contributed by atoms with van der Waals surface area (Å²) in [7, 11) is 1.81. The number of hydrogen-bond donors (Lipinski definition) is 1. The molecule has 1 unspecified atom stereocenters. The molecule has 1 heterocycles. The Labute approximate surface area is 126 Å². The molecule has 0 bridgehead atoms. The maximum Gasteiger partial charge on any atom is 0.229 e. The van der Waals surface area contributed by atoms with Crippen LogP contribution in [0.5, 0.6) is 11.5 Å². The lowest BCUT2D eigenvalue weighted by Gasteiger charge is -2.31. The maximum absolute atomic E-state index is 12.5. The van der Waals surface area contributed by atoms with E-state index in [2.05, 4.69) is 0 Å². The number of benzene rings is 1. The van der Waals surface area contributed by atoms with Gasteiger partial charge < -0.3 is 20.1 Å². The van der Waals surface area contributed by atoms with Gasteiger partial charge in [0.1, 0.15) is 13.2 Å². The van der Waals surface area contributed by atoms with Crippen LogP contribution in [-0.2, 0) is 11.3 Å². The summed E-state index contributed by atoms with van der Waals surface area (Å²) in [5.41, 5.74) is 6.28. The van der Waals surface area contributed by atoms with Crippen molar-refractivity contribution < 1.29 is 14.3 Å². The zero-order chi connectivity index (χ0) is 15.5. The Morgan fingerprint density at radius 3 is 2.62 bits per heavy atom. The maximum atomic E-state index is 12.5. The first-order valence-corrected chi connectivity index (χ1v) is 7.34. The van der Waals surface area contributed by atoms with Crippen LogP contribution in [0.3, 0.4) is 0 Å². The molecule has 0 aromatic heterocycles. The van der Waals surface area contributed by atoms with Crippen molar-refractivity contribution in [3.63, 3.8) is 0 Å². The summed E-state index contributed by atoms with van der Waals surface area (Å²) in [6.07, 6.45) is 0.730. The zero-order valence-corrected chi connectivity index (χ0v) is 13.0. The first-order chi connectivity index (χ1) is 10.00. The number of amides is 1. The Morgan fingerprint density at radius 2 is 2.00 bits per heavy atom. The van der Waals surface area contributed by atoms with Crippen LogP contribution in [0.2, 0.25) is 0 Å². The first kappa shape index (κ1) is 15.6. The topological polar surface area (TPSA) is 64.8 Å². The Kier molecular flexibility index (Phi) is 4.73. The molecule has 0 fully saturated rings. The van der Waals surface area contributed by atoms with Crippen molar-refractivity contribution in [1.29, 1.82) is 0 Å². The van der Waals surface area contributed by atoms with Crippen molar-refractivity contribution in [2.24, 2.45) is 11.1 Å². The van der Waals surface area contributed by atoms with E-state index < -0.39 is 5.41 Å². The number of hydrogen-bond acceptors (Lipinski definition) is 4. The molecule has 1 aliphatic rings. The molecule has 2 rings (SSSR count). The molecular formula is C16H24N2O3. The van der Waals surface area contributed by atoms with Gasteiger partial charge in [-0.1, -0.05) is 13.0 Å². The molecule has 0 aliphatic carbocycles. The molecule has 1 aliphatic heterocycles. The van der Waals surface area contributed by atoms with E-state index in [1.165, 1.54) is 0 Å². The van der Waals surface area contributed by atoms with E-state index >= 15 is 0 Å². The summed E-state index contributed by atoms with van der Waals surface area (Å²) in [5, 5.41) is 0. The summed E-state index contributed by atoms with van der Waals surface area (Å²) >= 11 is 0. The average molecular weight is 292 g/mol. The van der Waals surface area contributed by atoms with Gasteiger partial charge in [0, 0.05) is 20.1 Å². The largest absolute Gasteiger partial charge is 0.486 e. The lowest BCUT2D eigenvalue weighted by atomic mass is 9.86. The van der Waals surface area contributed by atoms with Crippen molar-refractivity contribution in [2.75, 3.05) is 26.8 Å². The highest BCUT2D eigenvalue weighted by Crippen LogP contribution is 2.31. The third-order valence-corrected chi connectivity index (χ3v) is 4.12. The van der Waals surface area contributed by atoms with Crippen LogP contribution in [-0.4, -0.2) is 37.6 Å². The number of fused-ring (bicyclic) bond motifs is 1. The highest BCUT2D eigenvalue weighted by molar-refractivity contribution is 5.82. The molecule has 0 spiro atoms. The van der Waals surface area contributed by atoms with Crippen LogP contribution in [0.25, 0.3) is 0 Å². The van der Waals surface area contributed by atoms with Gasteiger partial charge >= 0.3 is 0 Å². The summed E-state index contributed by atoms with van der Waals surface area (Å²) in [6.45, 7) is 5.93. The lowest BCUT2D eigenvalue weighted by molar-refractivity contribution is -0.140. The van der Waals surface area contributed by atoms with Crippen molar-refractivity contribution in [1.82, 2.24) is 4.90 Å². The van der Waals surface area contributed by atoms with Gasteiger partial charge in [0.2, 0.25) is 5.91 Å². The molecule has 0 saturated carbocycles. The van der Waals surface area contributed by atoms with Gasteiger partial charge in [-0.25, -0.2) is 0 Å². The predicted molar refractivity (Wildman–Crippen MR) is 81.4 cm³/mol. The first-order valence-electron chi connectivity index (χ1n) is 7.34. The second kappa shape index (κ2) is 6.35. The Balaban J connectivity index is 2.09. The number of carbonyl (C=O) groups is 1. The molecule has 21 heavy (non-hydrogen) atoms. The van der Waals surface area contributed by atoms with Crippen molar-refractivity contribution in [2.45, 2.75) is 26.8 Å². The smallest absolute Gasteiger partial charge is 0.229 e. The minimum absolute atomic E-state index is 0.0717. The third-order valence-electron chi connectivity index (χ3n) is 4.12. The van der Waals surface area contributed by atoms with E-state index in [1.807, 2.05) is 39.1 Å². The Hall–Kier alpha value is -1.75. The molecule has 116 valence electrons. The van der Waals surface area contributed by atoms with E-state index in [0.29, 0.717) is 26.3 Å². The quantitative estimate of drug-likeness (QED) is 0.898. The molecular weight excluding hydrogens is 268 g/mol. The Bertz CT molecular complexity index is 512. The summed E-state index contributed by atoms with van der Waals surface area (Å²) in [5.74, 6) is 1.58. The fraction of sp³-hybridized carbons (Fsp3) is 0.562. The summed E-state index contributed by atoms with van der Waals surface area (Å²) < 4.78 is 11.1. The molecule has 1 amide bonds. The van der Waals surface area contributed by atoms with Gasteiger partial charge in [-0.3, -0.25) is 4.79 Å². The zero-order valence-electron chi connectivity index (χ0n) is 13.0. The standard InChI is InChI=1S/C16H24N2O3/c1-4-16(2,11-17)15(19)18(3)10-12-5-6-13-14(9-12)21-8-7-20-13/h5-6,9H,4,7-8,10-11,17H2,1-3H3. The van der Waals surface area contributed by atoms with Crippen LogP contribution in [0.4, 0.5) is 0 Å². The summed E-state index contributed by atoms with van der Waals surface area (Å²) in [6, 6.07) is 5.79. The minimum atomic E-state index is -0.497. The summed E-state index contributed by atoms with van der Waals surface area (Å²) in [4.78, 5) is 14.2. The SMILES string of the molecule is CCC(C)(CN)C(=O)N(C)Cc1ccc2c(c1)OCCO2. The molecule has 0 saturated heterocycles. The minimum Gasteiger partial charge on any atom is -0.486 e. The molecule has 5 heteroatoms. The van der Waals surface area contributed by atoms with E-state index in [-0.39, 0.29) is 5.91 Å². The Morgan fingerprint density at radius 1 is 1.33 bits per heavy atom. The van der Waals surface area contributed by atoms with Crippen LogP contribution in [0.15, 0.2) is 18.2 Å². The van der Waals surface area contributed by atoms with Crippen molar-refractivity contribution >= 4 is 5.91 Å². The van der Waals surface area contributed by atoms with Crippen molar-refractivity contribution in [3.8, 4) is 11.5 Å². The second-order valence-corrected chi connectivity index (χ2v) is 5.76. The third kappa shape index (κ3) is 3.29. The molecule has 1 atom stereocenters. The van der Waals surface area contributed by atoms with Crippen LogP contribution in [0.1, 0.15) is 25.8 Å². The van der Waals surface area contributed by atoms with Gasteiger partial charge in [0.15, 0.2) is 11.5 Å². The number of rotatable bonds is 5.